The normalized spacial score (nSPS) is 15.6. The van der Waals surface area contributed by atoms with Crippen molar-refractivity contribution in [2.24, 2.45) is 5.92 Å². The van der Waals surface area contributed by atoms with Crippen molar-refractivity contribution in [3.05, 3.63) is 52.8 Å². The lowest BCUT2D eigenvalue weighted by Crippen LogP contribution is -2.20. The summed E-state index contributed by atoms with van der Waals surface area (Å²) in [5.74, 6) is 0.0897. The van der Waals surface area contributed by atoms with Crippen LogP contribution in [0.5, 0.6) is 0 Å². The Morgan fingerprint density at radius 3 is 2.42 bits per heavy atom. The predicted molar refractivity (Wildman–Crippen MR) is 120 cm³/mol. The van der Waals surface area contributed by atoms with Gasteiger partial charge in [-0.05, 0) is 49.3 Å². The average molecular weight is 422 g/mol. The van der Waals surface area contributed by atoms with Gasteiger partial charge >= 0.3 is 5.97 Å². The molecule has 0 bridgehead atoms. The predicted octanol–water partition coefficient (Wildman–Crippen LogP) is 5.22. The van der Waals surface area contributed by atoms with E-state index in [2.05, 4.69) is 31.9 Å². The zero-order valence-corrected chi connectivity index (χ0v) is 19.2. The third-order valence-corrected chi connectivity index (χ3v) is 5.29. The van der Waals surface area contributed by atoms with Gasteiger partial charge in [-0.25, -0.2) is 0 Å². The third-order valence-electron chi connectivity index (χ3n) is 5.29. The van der Waals surface area contributed by atoms with E-state index in [0.29, 0.717) is 23.6 Å². The van der Waals surface area contributed by atoms with E-state index in [1.54, 1.807) is 11.6 Å². The van der Waals surface area contributed by atoms with Crippen LogP contribution in [0.4, 0.5) is 0 Å². The molecule has 31 heavy (non-hydrogen) atoms. The molecule has 0 saturated heterocycles. The lowest BCUT2D eigenvalue weighted by molar-refractivity contribution is -0.165. The van der Waals surface area contributed by atoms with E-state index < -0.39 is 6.29 Å². The van der Waals surface area contributed by atoms with Gasteiger partial charge in [0.15, 0.2) is 5.76 Å². The summed E-state index contributed by atoms with van der Waals surface area (Å²) in [4.78, 5) is 12.1. The molecule has 0 radical (unpaired) electrons. The summed E-state index contributed by atoms with van der Waals surface area (Å²) in [7, 11) is 0. The Bertz CT molecular complexity index is 1020. The van der Waals surface area contributed by atoms with Crippen molar-refractivity contribution >= 4 is 17.3 Å². The highest BCUT2D eigenvalue weighted by molar-refractivity contribution is 5.94. The zero-order chi connectivity index (χ0) is 22.8. The van der Waals surface area contributed by atoms with Crippen LogP contribution >= 0.6 is 0 Å². The molecule has 6 nitrogen and oxygen atoms in total. The summed E-state index contributed by atoms with van der Waals surface area (Å²) in [6.45, 7) is 12.6. The molecule has 0 N–H and O–H groups in total. The molecule has 1 fully saturated rings. The maximum Gasteiger partial charge on any atom is 0.311 e. The van der Waals surface area contributed by atoms with Crippen LogP contribution in [0.2, 0.25) is 0 Å². The quantitative estimate of drug-likeness (QED) is 0.265. The fourth-order valence-electron chi connectivity index (χ4n) is 3.37. The number of aromatic nitrogens is 2. The van der Waals surface area contributed by atoms with Crippen molar-refractivity contribution in [3.8, 4) is 6.07 Å². The van der Waals surface area contributed by atoms with Gasteiger partial charge in [-0.3, -0.25) is 9.48 Å². The highest BCUT2D eigenvalue weighted by atomic mass is 16.7. The second-order valence-electron chi connectivity index (χ2n) is 9.03. The van der Waals surface area contributed by atoms with Crippen LogP contribution in [-0.2, 0) is 26.2 Å². The molecule has 2 aromatic rings. The van der Waals surface area contributed by atoms with Crippen LogP contribution < -0.4 is 0 Å². The van der Waals surface area contributed by atoms with Crippen molar-refractivity contribution < 1.29 is 14.3 Å². The number of hydrogen-bond donors (Lipinski definition) is 0. The minimum atomic E-state index is -0.819. The number of benzene rings is 1. The molecular formula is C25H31N3O3. The van der Waals surface area contributed by atoms with Crippen molar-refractivity contribution in [1.29, 1.82) is 5.26 Å². The van der Waals surface area contributed by atoms with Gasteiger partial charge in [-0.15, -0.1) is 0 Å². The lowest BCUT2D eigenvalue weighted by Gasteiger charge is -2.21. The molecule has 1 atom stereocenters. The Balaban J connectivity index is 2.04. The average Bonchev–Trinajstić information content (AvgIpc) is 3.49. The molecule has 3 rings (SSSR count). The van der Waals surface area contributed by atoms with E-state index in [4.69, 9.17) is 9.47 Å². The van der Waals surface area contributed by atoms with Gasteiger partial charge in [0, 0.05) is 13.5 Å². The second kappa shape index (κ2) is 8.97. The number of carbonyl (C=O) groups is 1. The van der Waals surface area contributed by atoms with E-state index in [-0.39, 0.29) is 17.3 Å². The molecule has 1 heterocycles. The monoisotopic (exact) mass is 421 g/mol. The smallest absolute Gasteiger partial charge is 0.311 e. The Hall–Kier alpha value is -3.07. The molecule has 1 aromatic carbocycles. The Labute approximate surface area is 184 Å². The largest absolute Gasteiger partial charge is 0.451 e. The van der Waals surface area contributed by atoms with Gasteiger partial charge < -0.3 is 9.47 Å². The first-order chi connectivity index (χ1) is 14.6. The topological polar surface area (TPSA) is 77.1 Å². The van der Waals surface area contributed by atoms with E-state index in [1.165, 1.54) is 5.56 Å². The van der Waals surface area contributed by atoms with Crippen LogP contribution in [0.1, 0.15) is 70.0 Å². The summed E-state index contributed by atoms with van der Waals surface area (Å²) in [5.41, 5.74) is 3.82. The minimum absolute atomic E-state index is 0.0118. The van der Waals surface area contributed by atoms with E-state index in [1.807, 2.05) is 44.2 Å². The van der Waals surface area contributed by atoms with Gasteiger partial charge in [-0.2, -0.15) is 10.4 Å². The first-order valence-corrected chi connectivity index (χ1v) is 10.8. The van der Waals surface area contributed by atoms with Crippen molar-refractivity contribution in [2.75, 3.05) is 0 Å². The maximum absolute atomic E-state index is 12.1. The van der Waals surface area contributed by atoms with Gasteiger partial charge in [0.2, 0.25) is 6.29 Å². The first-order valence-electron chi connectivity index (χ1n) is 10.8. The molecule has 0 aliphatic heterocycles. The molecular weight excluding hydrogens is 390 g/mol. The van der Waals surface area contributed by atoms with Crippen LogP contribution in [0, 0.1) is 24.2 Å². The highest BCUT2D eigenvalue weighted by Gasteiger charge is 2.33. The number of hydrogen-bond acceptors (Lipinski definition) is 5. The van der Waals surface area contributed by atoms with Crippen molar-refractivity contribution in [1.82, 2.24) is 9.78 Å². The molecule has 1 aliphatic carbocycles. The van der Waals surface area contributed by atoms with E-state index in [9.17, 15) is 10.1 Å². The molecule has 1 aliphatic rings. The Morgan fingerprint density at radius 2 is 1.90 bits per heavy atom. The van der Waals surface area contributed by atoms with Gasteiger partial charge in [0.25, 0.3) is 0 Å². The molecule has 1 aromatic heterocycles. The number of nitriles is 1. The summed E-state index contributed by atoms with van der Waals surface area (Å²) in [6.07, 6.45) is 0.903. The Kier molecular flexibility index (Phi) is 6.54. The molecule has 6 heteroatoms. The number of rotatable bonds is 7. The third kappa shape index (κ3) is 5.35. The molecule has 1 unspecified atom stereocenters. The number of ether oxygens (including phenoxy) is 2. The SMILES string of the molecule is CCn1nc(C)cc1/C(OC(C)OC(=O)C1CC1)=C(\C#N)c1ccc(C(C)(C)C)cc1. The van der Waals surface area contributed by atoms with Gasteiger partial charge in [0.05, 0.1) is 11.6 Å². The van der Waals surface area contributed by atoms with Crippen molar-refractivity contribution in [3.63, 3.8) is 0 Å². The van der Waals surface area contributed by atoms with Crippen LogP contribution in [0.25, 0.3) is 11.3 Å². The fraction of sp³-hybridized carbons (Fsp3) is 0.480. The minimum Gasteiger partial charge on any atom is -0.451 e. The number of allylic oxidation sites excluding steroid dienone is 1. The number of nitrogens with zero attached hydrogens (tertiary/aromatic N) is 3. The fourth-order valence-corrected chi connectivity index (χ4v) is 3.37. The van der Waals surface area contributed by atoms with Crippen molar-refractivity contribution in [2.45, 2.75) is 72.6 Å². The van der Waals surface area contributed by atoms with Crippen LogP contribution in [0.3, 0.4) is 0 Å². The molecule has 1 saturated carbocycles. The zero-order valence-electron chi connectivity index (χ0n) is 19.2. The number of aryl methyl sites for hydroxylation is 2. The summed E-state index contributed by atoms with van der Waals surface area (Å²) < 4.78 is 13.4. The summed E-state index contributed by atoms with van der Waals surface area (Å²) >= 11 is 0. The summed E-state index contributed by atoms with van der Waals surface area (Å²) in [6, 6.07) is 12.1. The van der Waals surface area contributed by atoms with Crippen LogP contribution in [0.15, 0.2) is 30.3 Å². The maximum atomic E-state index is 12.1. The first kappa shape index (κ1) is 22.6. The molecule has 0 amide bonds. The standard InChI is InChI=1S/C25H31N3O3/c1-7-28-22(14-16(2)27-28)23(30-17(3)31-24(29)19-8-9-19)21(15-26)18-10-12-20(13-11-18)25(4,5)6/h10-14,17,19H,7-9H2,1-6H3/b23-21-. The van der Waals surface area contributed by atoms with Crippen LogP contribution in [-0.4, -0.2) is 22.0 Å². The second-order valence-corrected chi connectivity index (χ2v) is 9.03. The van der Waals surface area contributed by atoms with E-state index in [0.717, 1.165) is 24.1 Å². The Morgan fingerprint density at radius 1 is 1.26 bits per heavy atom. The number of carbonyl (C=O) groups excluding carboxylic acids is 1. The van der Waals surface area contributed by atoms with Gasteiger partial charge in [-0.1, -0.05) is 45.0 Å². The number of esters is 1. The van der Waals surface area contributed by atoms with Gasteiger partial charge in [0.1, 0.15) is 17.3 Å². The summed E-state index contributed by atoms with van der Waals surface area (Å²) in [5, 5.41) is 14.6. The molecule has 0 spiro atoms. The molecule has 164 valence electrons. The van der Waals surface area contributed by atoms with E-state index >= 15 is 0 Å². The lowest BCUT2D eigenvalue weighted by atomic mass is 9.86. The highest BCUT2D eigenvalue weighted by Crippen LogP contribution is 2.33.